The Kier molecular flexibility index (Phi) is 2.93. The Labute approximate surface area is 98.7 Å². The summed E-state index contributed by atoms with van der Waals surface area (Å²) in [5.41, 5.74) is 0.883. The molecule has 0 amide bonds. The number of nitrogens with zero attached hydrogens (tertiary/aromatic N) is 3. The van der Waals surface area contributed by atoms with E-state index in [0.717, 1.165) is 0 Å². The molecule has 1 aromatic heterocycles. The Hall–Kier alpha value is -1.75. The van der Waals surface area contributed by atoms with Gasteiger partial charge >= 0.3 is 0 Å². The number of aliphatic hydroxyl groups excluding tert-OH is 1. The summed E-state index contributed by atoms with van der Waals surface area (Å²) in [4.78, 5) is 4.12. The molecule has 0 spiro atoms. The van der Waals surface area contributed by atoms with Crippen LogP contribution in [0.4, 0.5) is 4.39 Å². The second-order valence-corrected chi connectivity index (χ2v) is 4.00. The molecule has 0 aliphatic carbocycles. The van der Waals surface area contributed by atoms with E-state index in [0.29, 0.717) is 22.9 Å². The van der Waals surface area contributed by atoms with Crippen molar-refractivity contribution in [3.8, 4) is 5.69 Å². The van der Waals surface area contributed by atoms with Crippen molar-refractivity contribution < 1.29 is 9.50 Å². The number of hydrogen-bond acceptors (Lipinski definition) is 3. The highest BCUT2D eigenvalue weighted by atomic mass is 19.1. The Morgan fingerprint density at radius 1 is 1.35 bits per heavy atom. The molecule has 1 atom stereocenters. The first-order valence-electron chi connectivity index (χ1n) is 5.37. The van der Waals surface area contributed by atoms with Crippen LogP contribution >= 0.6 is 0 Å². The Morgan fingerprint density at radius 3 is 2.53 bits per heavy atom. The van der Waals surface area contributed by atoms with Gasteiger partial charge < -0.3 is 5.11 Å². The van der Waals surface area contributed by atoms with Crippen LogP contribution in [0.3, 0.4) is 0 Å². The van der Waals surface area contributed by atoms with E-state index in [-0.39, 0.29) is 0 Å². The predicted octanol–water partition coefficient (Wildman–Crippen LogP) is 2.08. The minimum Gasteiger partial charge on any atom is -0.389 e. The molecule has 0 fully saturated rings. The highest BCUT2D eigenvalue weighted by molar-refractivity contribution is 5.37. The molecule has 17 heavy (non-hydrogen) atoms. The molecule has 90 valence electrons. The van der Waals surface area contributed by atoms with Crippen LogP contribution in [0.5, 0.6) is 0 Å². The number of aromatic nitrogens is 3. The van der Waals surface area contributed by atoms with Crippen molar-refractivity contribution in [3.63, 3.8) is 0 Å². The fourth-order valence-corrected chi connectivity index (χ4v) is 1.70. The van der Waals surface area contributed by atoms with Gasteiger partial charge in [0.15, 0.2) is 0 Å². The Bertz CT molecular complexity index is 549. The van der Waals surface area contributed by atoms with Crippen LogP contribution in [0.25, 0.3) is 5.69 Å². The van der Waals surface area contributed by atoms with Crippen molar-refractivity contribution in [2.45, 2.75) is 26.9 Å². The summed E-state index contributed by atoms with van der Waals surface area (Å²) in [7, 11) is 0. The first-order valence-corrected chi connectivity index (χ1v) is 5.37. The van der Waals surface area contributed by atoms with Gasteiger partial charge in [0.2, 0.25) is 0 Å². The quantitative estimate of drug-likeness (QED) is 0.867. The molecule has 0 aliphatic rings. The molecule has 1 unspecified atom stereocenters. The molecule has 0 radical (unpaired) electrons. The average Bonchev–Trinajstić information content (AvgIpc) is 2.57. The summed E-state index contributed by atoms with van der Waals surface area (Å²) >= 11 is 0. The van der Waals surface area contributed by atoms with Crippen molar-refractivity contribution in [1.29, 1.82) is 0 Å². The summed E-state index contributed by atoms with van der Waals surface area (Å²) < 4.78 is 15.3. The van der Waals surface area contributed by atoms with E-state index in [1.54, 1.807) is 32.9 Å². The number of aryl methyl sites for hydroxylation is 2. The molecule has 0 aliphatic heterocycles. The van der Waals surface area contributed by atoms with Gasteiger partial charge in [-0.25, -0.2) is 14.1 Å². The second-order valence-electron chi connectivity index (χ2n) is 4.00. The van der Waals surface area contributed by atoms with Gasteiger partial charge in [-0.15, -0.1) is 0 Å². The topological polar surface area (TPSA) is 50.9 Å². The third kappa shape index (κ3) is 2.19. The van der Waals surface area contributed by atoms with E-state index in [1.807, 2.05) is 0 Å². The van der Waals surface area contributed by atoms with Gasteiger partial charge in [0, 0.05) is 0 Å². The van der Waals surface area contributed by atoms with Gasteiger partial charge in [-0.3, -0.25) is 0 Å². The van der Waals surface area contributed by atoms with Gasteiger partial charge in [0.05, 0.1) is 6.10 Å². The van der Waals surface area contributed by atoms with Crippen LogP contribution in [-0.4, -0.2) is 19.9 Å². The molecule has 1 N–H and O–H groups in total. The minimum absolute atomic E-state index is 0.340. The Balaban J connectivity index is 2.50. The summed E-state index contributed by atoms with van der Waals surface area (Å²) in [6.45, 7) is 5.12. The first-order chi connectivity index (χ1) is 7.99. The van der Waals surface area contributed by atoms with Gasteiger partial charge in [-0.1, -0.05) is 6.07 Å². The fourth-order valence-electron chi connectivity index (χ4n) is 1.70. The fraction of sp³-hybridized carbons (Fsp3) is 0.333. The summed E-state index contributed by atoms with van der Waals surface area (Å²) in [6.07, 6.45) is -0.683. The average molecular weight is 235 g/mol. The molecule has 0 bridgehead atoms. The van der Waals surface area contributed by atoms with E-state index in [2.05, 4.69) is 10.1 Å². The molecule has 5 heteroatoms. The normalized spacial score (nSPS) is 12.8. The van der Waals surface area contributed by atoms with Gasteiger partial charge in [-0.05, 0) is 38.5 Å². The molecule has 2 aromatic rings. The largest absolute Gasteiger partial charge is 0.389 e. The number of rotatable bonds is 2. The van der Waals surface area contributed by atoms with E-state index in [1.165, 1.54) is 10.7 Å². The minimum atomic E-state index is -0.683. The SMILES string of the molecule is Cc1nc(C)n(-c2ccc(C(C)O)cc2F)n1. The van der Waals surface area contributed by atoms with Crippen molar-refractivity contribution in [1.82, 2.24) is 14.8 Å². The molecule has 4 nitrogen and oxygen atoms in total. The smallest absolute Gasteiger partial charge is 0.149 e. The predicted molar refractivity (Wildman–Crippen MR) is 61.4 cm³/mol. The first kappa shape index (κ1) is 11.7. The lowest BCUT2D eigenvalue weighted by molar-refractivity contribution is 0.199. The second kappa shape index (κ2) is 4.25. The van der Waals surface area contributed by atoms with E-state index in [9.17, 15) is 9.50 Å². The summed E-state index contributed by atoms with van der Waals surface area (Å²) in [5.74, 6) is 0.809. The zero-order valence-corrected chi connectivity index (χ0v) is 9.98. The summed E-state index contributed by atoms with van der Waals surface area (Å²) in [5, 5.41) is 13.5. The molecular weight excluding hydrogens is 221 g/mol. The summed E-state index contributed by atoms with van der Waals surface area (Å²) in [6, 6.07) is 4.59. The van der Waals surface area contributed by atoms with Crippen molar-refractivity contribution in [3.05, 3.63) is 41.2 Å². The van der Waals surface area contributed by atoms with Gasteiger partial charge in [-0.2, -0.15) is 5.10 Å². The van der Waals surface area contributed by atoms with Gasteiger partial charge in [0.1, 0.15) is 23.2 Å². The number of hydrogen-bond donors (Lipinski definition) is 1. The lowest BCUT2D eigenvalue weighted by atomic mass is 10.1. The number of aliphatic hydroxyl groups is 1. The van der Waals surface area contributed by atoms with Crippen LogP contribution in [0.2, 0.25) is 0 Å². The van der Waals surface area contributed by atoms with Crippen LogP contribution in [0.15, 0.2) is 18.2 Å². The third-order valence-electron chi connectivity index (χ3n) is 2.56. The van der Waals surface area contributed by atoms with Gasteiger partial charge in [0.25, 0.3) is 0 Å². The van der Waals surface area contributed by atoms with Crippen LogP contribution < -0.4 is 0 Å². The molecule has 0 saturated carbocycles. The Morgan fingerprint density at radius 2 is 2.06 bits per heavy atom. The van der Waals surface area contributed by atoms with E-state index < -0.39 is 11.9 Å². The highest BCUT2D eigenvalue weighted by Crippen LogP contribution is 2.19. The maximum Gasteiger partial charge on any atom is 0.149 e. The molecule has 1 aromatic carbocycles. The monoisotopic (exact) mass is 235 g/mol. The lowest BCUT2D eigenvalue weighted by Crippen LogP contribution is -2.03. The third-order valence-corrected chi connectivity index (χ3v) is 2.56. The maximum absolute atomic E-state index is 13.9. The van der Waals surface area contributed by atoms with Crippen LogP contribution in [-0.2, 0) is 0 Å². The van der Waals surface area contributed by atoms with Crippen LogP contribution in [0.1, 0.15) is 30.2 Å². The molecule has 2 rings (SSSR count). The van der Waals surface area contributed by atoms with Crippen molar-refractivity contribution in [2.24, 2.45) is 0 Å². The molecule has 0 saturated heterocycles. The van der Waals surface area contributed by atoms with Crippen molar-refractivity contribution >= 4 is 0 Å². The van der Waals surface area contributed by atoms with E-state index >= 15 is 0 Å². The highest BCUT2D eigenvalue weighted by Gasteiger charge is 2.12. The van der Waals surface area contributed by atoms with E-state index in [4.69, 9.17) is 0 Å². The van der Waals surface area contributed by atoms with Crippen molar-refractivity contribution in [2.75, 3.05) is 0 Å². The molecular formula is C12H14FN3O. The zero-order chi connectivity index (χ0) is 12.6. The number of benzene rings is 1. The van der Waals surface area contributed by atoms with Crippen LogP contribution in [0, 0.1) is 19.7 Å². The standard InChI is InChI=1S/C12H14FN3O/c1-7(17)10-4-5-12(11(13)6-10)16-9(3)14-8(2)15-16/h4-7,17H,1-3H3. The zero-order valence-electron chi connectivity index (χ0n) is 9.98. The number of halogens is 1. The molecule has 1 heterocycles. The maximum atomic E-state index is 13.9. The lowest BCUT2D eigenvalue weighted by Gasteiger charge is -2.08.